The lowest BCUT2D eigenvalue weighted by Gasteiger charge is -2.32. The molecule has 1 N–H and O–H groups in total. The maximum Gasteiger partial charge on any atom is 0.141 e. The summed E-state index contributed by atoms with van der Waals surface area (Å²) in [6.45, 7) is 7.73. The molecule has 0 aromatic carbocycles. The van der Waals surface area contributed by atoms with Crippen LogP contribution in [-0.4, -0.2) is 45.3 Å². The normalized spacial score (nSPS) is 21.4. The van der Waals surface area contributed by atoms with Gasteiger partial charge in [-0.05, 0) is 44.6 Å². The molecule has 5 heteroatoms. The molecule has 0 unspecified atom stereocenters. The quantitative estimate of drug-likeness (QED) is 0.823. The molecule has 5 nitrogen and oxygen atoms in total. The van der Waals surface area contributed by atoms with Gasteiger partial charge in [-0.3, -0.25) is 4.90 Å². The fourth-order valence-corrected chi connectivity index (χ4v) is 2.96. The maximum absolute atomic E-state index is 4.41. The Hall–Kier alpha value is -0.940. The van der Waals surface area contributed by atoms with Gasteiger partial charge in [0, 0.05) is 25.7 Å². The Bertz CT molecular complexity index is 404. The van der Waals surface area contributed by atoms with Crippen LogP contribution in [0.3, 0.4) is 0 Å². The summed E-state index contributed by atoms with van der Waals surface area (Å²) in [4.78, 5) is 6.93. The van der Waals surface area contributed by atoms with E-state index >= 15 is 0 Å². The Balaban J connectivity index is 1.42. The average molecular weight is 277 g/mol. The third-order valence-electron chi connectivity index (χ3n) is 4.48. The monoisotopic (exact) mass is 277 g/mol. The fraction of sp³-hybridized carbons (Fsp3) is 0.867. The molecule has 1 saturated heterocycles. The second-order valence-electron chi connectivity index (χ2n) is 6.30. The van der Waals surface area contributed by atoms with Crippen LogP contribution in [0.1, 0.15) is 44.9 Å². The van der Waals surface area contributed by atoms with E-state index < -0.39 is 0 Å². The van der Waals surface area contributed by atoms with E-state index in [1.54, 1.807) is 6.33 Å². The van der Waals surface area contributed by atoms with Crippen LogP contribution >= 0.6 is 0 Å². The predicted octanol–water partition coefficient (Wildman–Crippen LogP) is 1.65. The van der Waals surface area contributed by atoms with Crippen molar-refractivity contribution in [3.8, 4) is 0 Å². The summed E-state index contributed by atoms with van der Waals surface area (Å²) in [6, 6.07) is 0.736. The lowest BCUT2D eigenvalue weighted by Crippen LogP contribution is -2.43. The summed E-state index contributed by atoms with van der Waals surface area (Å²) in [5.74, 6) is 2.11. The molecule has 1 aromatic heterocycles. The van der Waals surface area contributed by atoms with Crippen LogP contribution < -0.4 is 5.32 Å². The van der Waals surface area contributed by atoms with Gasteiger partial charge in [-0.15, -0.1) is 0 Å². The minimum atomic E-state index is 0.736. The second-order valence-corrected chi connectivity index (χ2v) is 6.30. The highest BCUT2D eigenvalue weighted by Gasteiger charge is 2.24. The smallest absolute Gasteiger partial charge is 0.141 e. The van der Waals surface area contributed by atoms with E-state index in [-0.39, 0.29) is 0 Å². The Morgan fingerprint density at radius 1 is 1.25 bits per heavy atom. The standard InChI is InChI=1S/C15H27N5/c1-2-7-20-15(17-12-18-20)11-19-8-5-14(6-9-19)16-10-13-3-4-13/h12-14,16H,2-11H2,1H3. The van der Waals surface area contributed by atoms with E-state index in [1.807, 2.05) is 0 Å². The number of aryl methyl sites for hydroxylation is 1. The number of likely N-dealkylation sites (tertiary alicyclic amines) is 1. The third kappa shape index (κ3) is 3.79. The van der Waals surface area contributed by atoms with Gasteiger partial charge in [0.1, 0.15) is 12.2 Å². The number of piperidine rings is 1. The lowest BCUT2D eigenvalue weighted by atomic mass is 10.0. The van der Waals surface area contributed by atoms with Gasteiger partial charge >= 0.3 is 0 Å². The van der Waals surface area contributed by atoms with Crippen LogP contribution in [-0.2, 0) is 13.1 Å². The molecule has 20 heavy (non-hydrogen) atoms. The fourth-order valence-electron chi connectivity index (χ4n) is 2.96. The van der Waals surface area contributed by atoms with Gasteiger partial charge in [0.25, 0.3) is 0 Å². The van der Waals surface area contributed by atoms with Crippen LogP contribution in [0.25, 0.3) is 0 Å². The first kappa shape index (κ1) is 14.0. The number of hydrogen-bond donors (Lipinski definition) is 1. The molecule has 0 atom stereocenters. The topological polar surface area (TPSA) is 46.0 Å². The zero-order valence-corrected chi connectivity index (χ0v) is 12.6. The SMILES string of the molecule is CCCn1ncnc1CN1CCC(NCC2CC2)CC1. The Labute approximate surface area is 121 Å². The molecule has 0 amide bonds. The predicted molar refractivity (Wildman–Crippen MR) is 79.3 cm³/mol. The molecule has 0 spiro atoms. The van der Waals surface area contributed by atoms with Crippen LogP contribution in [0.4, 0.5) is 0 Å². The zero-order chi connectivity index (χ0) is 13.8. The van der Waals surface area contributed by atoms with E-state index in [0.717, 1.165) is 37.3 Å². The van der Waals surface area contributed by atoms with Gasteiger partial charge < -0.3 is 5.32 Å². The summed E-state index contributed by atoms with van der Waals surface area (Å²) < 4.78 is 2.05. The second kappa shape index (κ2) is 6.68. The van der Waals surface area contributed by atoms with Crippen molar-refractivity contribution < 1.29 is 0 Å². The van der Waals surface area contributed by atoms with Crippen molar-refractivity contribution >= 4 is 0 Å². The van der Waals surface area contributed by atoms with Crippen molar-refractivity contribution in [2.75, 3.05) is 19.6 Å². The van der Waals surface area contributed by atoms with Gasteiger partial charge in [-0.1, -0.05) is 6.92 Å². The third-order valence-corrected chi connectivity index (χ3v) is 4.48. The summed E-state index contributed by atoms with van der Waals surface area (Å²) in [5.41, 5.74) is 0. The van der Waals surface area contributed by atoms with E-state index in [2.05, 4.69) is 31.9 Å². The largest absolute Gasteiger partial charge is 0.314 e. The molecule has 1 aliphatic carbocycles. The molecular formula is C15H27N5. The van der Waals surface area contributed by atoms with Crippen molar-refractivity contribution in [3.05, 3.63) is 12.2 Å². The van der Waals surface area contributed by atoms with Gasteiger partial charge in [-0.2, -0.15) is 5.10 Å². The van der Waals surface area contributed by atoms with Crippen molar-refractivity contribution in [3.63, 3.8) is 0 Å². The van der Waals surface area contributed by atoms with Crippen LogP contribution in [0.15, 0.2) is 6.33 Å². The van der Waals surface area contributed by atoms with E-state index in [0.29, 0.717) is 0 Å². The summed E-state index contributed by atoms with van der Waals surface area (Å²) in [5, 5.41) is 8.04. The first-order chi connectivity index (χ1) is 9.85. The van der Waals surface area contributed by atoms with Gasteiger partial charge in [0.05, 0.1) is 6.54 Å². The molecular weight excluding hydrogens is 250 g/mol. The molecule has 0 radical (unpaired) electrons. The minimum absolute atomic E-state index is 0.736. The van der Waals surface area contributed by atoms with E-state index in [9.17, 15) is 0 Å². The molecule has 2 fully saturated rings. The molecule has 1 saturated carbocycles. The number of nitrogens with one attached hydrogen (secondary N) is 1. The van der Waals surface area contributed by atoms with E-state index in [4.69, 9.17) is 0 Å². The van der Waals surface area contributed by atoms with Gasteiger partial charge in [0.15, 0.2) is 0 Å². The summed E-state index contributed by atoms with van der Waals surface area (Å²) >= 11 is 0. The van der Waals surface area contributed by atoms with E-state index in [1.165, 1.54) is 45.3 Å². The number of nitrogens with zero attached hydrogens (tertiary/aromatic N) is 4. The van der Waals surface area contributed by atoms with Crippen molar-refractivity contribution in [1.29, 1.82) is 0 Å². The molecule has 1 aliphatic heterocycles. The Morgan fingerprint density at radius 2 is 2.05 bits per heavy atom. The lowest BCUT2D eigenvalue weighted by molar-refractivity contribution is 0.183. The number of rotatable bonds is 7. The highest BCUT2D eigenvalue weighted by atomic mass is 15.3. The first-order valence-electron chi connectivity index (χ1n) is 8.17. The highest BCUT2D eigenvalue weighted by molar-refractivity contribution is 4.88. The molecule has 3 rings (SSSR count). The molecule has 112 valence electrons. The average Bonchev–Trinajstić information content (AvgIpc) is 3.20. The molecule has 2 heterocycles. The number of hydrogen-bond acceptors (Lipinski definition) is 4. The van der Waals surface area contributed by atoms with Crippen molar-refractivity contribution in [2.45, 2.75) is 58.2 Å². The Kier molecular flexibility index (Phi) is 4.68. The first-order valence-corrected chi connectivity index (χ1v) is 8.17. The van der Waals surface area contributed by atoms with Crippen molar-refractivity contribution in [2.24, 2.45) is 5.92 Å². The molecule has 1 aromatic rings. The summed E-state index contributed by atoms with van der Waals surface area (Å²) in [6.07, 6.45) is 8.24. The summed E-state index contributed by atoms with van der Waals surface area (Å²) in [7, 11) is 0. The highest BCUT2D eigenvalue weighted by Crippen LogP contribution is 2.28. The molecule has 0 bridgehead atoms. The maximum atomic E-state index is 4.41. The van der Waals surface area contributed by atoms with Gasteiger partial charge in [-0.25, -0.2) is 9.67 Å². The molecule has 2 aliphatic rings. The van der Waals surface area contributed by atoms with Gasteiger partial charge in [0.2, 0.25) is 0 Å². The van der Waals surface area contributed by atoms with Crippen LogP contribution in [0.5, 0.6) is 0 Å². The Morgan fingerprint density at radius 3 is 2.75 bits per heavy atom. The zero-order valence-electron chi connectivity index (χ0n) is 12.6. The van der Waals surface area contributed by atoms with Crippen molar-refractivity contribution in [1.82, 2.24) is 25.0 Å². The van der Waals surface area contributed by atoms with Crippen LogP contribution in [0, 0.1) is 5.92 Å². The minimum Gasteiger partial charge on any atom is -0.314 e. The van der Waals surface area contributed by atoms with Crippen LogP contribution in [0.2, 0.25) is 0 Å². The number of aromatic nitrogens is 3.